The summed E-state index contributed by atoms with van der Waals surface area (Å²) in [7, 11) is 4.66. The van der Waals surface area contributed by atoms with Crippen molar-refractivity contribution in [3.05, 3.63) is 83.9 Å². The first-order chi connectivity index (χ1) is 17.9. The lowest BCUT2D eigenvalue weighted by Crippen LogP contribution is -2.47. The van der Waals surface area contributed by atoms with Gasteiger partial charge in [-0.3, -0.25) is 9.59 Å². The third-order valence-corrected chi connectivity index (χ3v) is 6.59. The molecule has 7 heteroatoms. The SMILES string of the molecule is COc1cc(/C=C/C(=O)N2c3ccccc3[C@H](N(C(C)=O)c3ccccc3)C[C@H]2C)cc(OC)c1OC. The zero-order valence-electron chi connectivity index (χ0n) is 21.8. The largest absolute Gasteiger partial charge is 0.493 e. The number of benzene rings is 3. The van der Waals surface area contributed by atoms with Gasteiger partial charge in [0.15, 0.2) is 11.5 Å². The molecule has 0 N–H and O–H groups in total. The molecule has 0 aromatic heterocycles. The molecule has 3 aromatic rings. The minimum atomic E-state index is -0.186. The second-order valence-corrected chi connectivity index (χ2v) is 8.88. The second kappa shape index (κ2) is 11.2. The molecule has 0 bridgehead atoms. The van der Waals surface area contributed by atoms with E-state index in [1.165, 1.54) is 0 Å². The maximum absolute atomic E-state index is 13.5. The van der Waals surface area contributed by atoms with Crippen LogP contribution in [-0.2, 0) is 9.59 Å². The van der Waals surface area contributed by atoms with E-state index in [0.29, 0.717) is 23.7 Å². The Morgan fingerprint density at radius 2 is 1.54 bits per heavy atom. The maximum atomic E-state index is 13.5. The predicted molar refractivity (Wildman–Crippen MR) is 145 cm³/mol. The molecule has 37 heavy (non-hydrogen) atoms. The van der Waals surface area contributed by atoms with E-state index in [2.05, 4.69) is 0 Å². The first-order valence-corrected chi connectivity index (χ1v) is 12.1. The monoisotopic (exact) mass is 500 g/mol. The van der Waals surface area contributed by atoms with Crippen LogP contribution in [-0.4, -0.2) is 39.2 Å². The quantitative estimate of drug-likeness (QED) is 0.393. The summed E-state index contributed by atoms with van der Waals surface area (Å²) in [6.07, 6.45) is 3.89. The molecule has 0 radical (unpaired) electrons. The number of methoxy groups -OCH3 is 3. The van der Waals surface area contributed by atoms with Gasteiger partial charge in [-0.05, 0) is 60.9 Å². The summed E-state index contributed by atoms with van der Waals surface area (Å²) >= 11 is 0. The first-order valence-electron chi connectivity index (χ1n) is 12.1. The van der Waals surface area contributed by atoms with Gasteiger partial charge in [0.25, 0.3) is 5.91 Å². The molecule has 0 aliphatic carbocycles. The van der Waals surface area contributed by atoms with Gasteiger partial charge in [-0.15, -0.1) is 0 Å². The molecule has 0 spiro atoms. The number of anilines is 2. The molecule has 2 atom stereocenters. The fraction of sp³-hybridized carbons (Fsp3) is 0.267. The molecule has 0 saturated heterocycles. The van der Waals surface area contributed by atoms with Crippen molar-refractivity contribution < 1.29 is 23.8 Å². The van der Waals surface area contributed by atoms with Crippen LogP contribution in [0.1, 0.15) is 37.4 Å². The lowest BCUT2D eigenvalue weighted by molar-refractivity contribution is -0.117. The molecule has 0 fully saturated rings. The molecule has 1 aliphatic heterocycles. The van der Waals surface area contributed by atoms with E-state index >= 15 is 0 Å². The molecule has 192 valence electrons. The Balaban J connectivity index is 1.68. The van der Waals surface area contributed by atoms with Crippen LogP contribution in [0.4, 0.5) is 11.4 Å². The van der Waals surface area contributed by atoms with Gasteiger partial charge in [0.1, 0.15) is 0 Å². The summed E-state index contributed by atoms with van der Waals surface area (Å²) in [5, 5.41) is 0. The molecule has 4 rings (SSSR count). The van der Waals surface area contributed by atoms with Crippen molar-refractivity contribution in [1.29, 1.82) is 0 Å². The topological polar surface area (TPSA) is 68.3 Å². The standard InChI is InChI=1S/C30H32N2O5/c1-20-17-26(32(21(2)33)23-11-7-6-8-12-23)24-13-9-10-14-25(24)31(20)29(34)16-15-22-18-27(35-3)30(37-5)28(19-22)36-4/h6-16,18-20,26H,17H2,1-5H3/b16-15+/t20-,26-/m1/s1. The van der Waals surface area contributed by atoms with E-state index in [0.717, 1.165) is 22.5 Å². The Bertz CT molecular complexity index is 1280. The number of ether oxygens (including phenoxy) is 3. The minimum absolute atomic E-state index is 0.0414. The van der Waals surface area contributed by atoms with E-state index in [1.54, 1.807) is 57.4 Å². The maximum Gasteiger partial charge on any atom is 0.251 e. The molecule has 1 aliphatic rings. The van der Waals surface area contributed by atoms with Crippen molar-refractivity contribution in [2.45, 2.75) is 32.4 Å². The average Bonchev–Trinajstić information content (AvgIpc) is 2.91. The number of hydrogen-bond acceptors (Lipinski definition) is 5. The Hall–Kier alpha value is -4.26. The number of amides is 2. The molecule has 0 unspecified atom stereocenters. The van der Waals surface area contributed by atoms with Crippen molar-refractivity contribution >= 4 is 29.3 Å². The Morgan fingerprint density at radius 3 is 2.14 bits per heavy atom. The van der Waals surface area contributed by atoms with Gasteiger partial charge in [0, 0.05) is 30.4 Å². The van der Waals surface area contributed by atoms with Crippen LogP contribution in [0.2, 0.25) is 0 Å². The van der Waals surface area contributed by atoms with Crippen LogP contribution >= 0.6 is 0 Å². The van der Waals surface area contributed by atoms with Crippen LogP contribution in [0.25, 0.3) is 6.08 Å². The minimum Gasteiger partial charge on any atom is -0.493 e. The second-order valence-electron chi connectivity index (χ2n) is 8.88. The Labute approximate surface area is 217 Å². The van der Waals surface area contributed by atoms with E-state index in [4.69, 9.17) is 14.2 Å². The Morgan fingerprint density at radius 1 is 0.919 bits per heavy atom. The molecule has 7 nitrogen and oxygen atoms in total. The Kier molecular flexibility index (Phi) is 7.82. The highest BCUT2D eigenvalue weighted by Gasteiger charge is 2.37. The summed E-state index contributed by atoms with van der Waals surface area (Å²) < 4.78 is 16.2. The highest BCUT2D eigenvalue weighted by Crippen LogP contribution is 2.42. The third kappa shape index (κ3) is 5.16. The fourth-order valence-corrected chi connectivity index (χ4v) is 4.98. The number of carbonyl (C=O) groups is 2. The van der Waals surface area contributed by atoms with Gasteiger partial charge in [-0.25, -0.2) is 0 Å². The van der Waals surface area contributed by atoms with Gasteiger partial charge in [-0.1, -0.05) is 36.4 Å². The van der Waals surface area contributed by atoms with Crippen molar-refractivity contribution in [2.24, 2.45) is 0 Å². The smallest absolute Gasteiger partial charge is 0.251 e. The van der Waals surface area contributed by atoms with Crippen LogP contribution in [0, 0.1) is 0 Å². The van der Waals surface area contributed by atoms with Crippen molar-refractivity contribution in [3.8, 4) is 17.2 Å². The molecular formula is C30H32N2O5. The normalized spacial score (nSPS) is 16.7. The molecular weight excluding hydrogens is 468 g/mol. The number of carbonyl (C=O) groups excluding carboxylic acids is 2. The molecule has 2 amide bonds. The number of fused-ring (bicyclic) bond motifs is 1. The zero-order valence-corrected chi connectivity index (χ0v) is 21.8. The highest BCUT2D eigenvalue weighted by atomic mass is 16.5. The molecule has 3 aromatic carbocycles. The number of hydrogen-bond donors (Lipinski definition) is 0. The van der Waals surface area contributed by atoms with Gasteiger partial charge in [-0.2, -0.15) is 0 Å². The van der Waals surface area contributed by atoms with Crippen LogP contribution in [0.15, 0.2) is 72.8 Å². The van der Waals surface area contributed by atoms with Crippen LogP contribution in [0.5, 0.6) is 17.2 Å². The predicted octanol–water partition coefficient (Wildman–Crippen LogP) is 5.65. The summed E-state index contributed by atoms with van der Waals surface area (Å²) in [6.45, 7) is 3.59. The number of rotatable bonds is 7. The van der Waals surface area contributed by atoms with Gasteiger partial charge < -0.3 is 24.0 Å². The van der Waals surface area contributed by atoms with Crippen LogP contribution in [0.3, 0.4) is 0 Å². The molecule has 1 heterocycles. The summed E-state index contributed by atoms with van der Waals surface area (Å²) in [5.74, 6) is 1.32. The first kappa shape index (κ1) is 25.8. The third-order valence-electron chi connectivity index (χ3n) is 6.59. The average molecular weight is 501 g/mol. The highest BCUT2D eigenvalue weighted by molar-refractivity contribution is 6.05. The zero-order chi connectivity index (χ0) is 26.5. The van der Waals surface area contributed by atoms with Crippen molar-refractivity contribution in [1.82, 2.24) is 0 Å². The van der Waals surface area contributed by atoms with Crippen molar-refractivity contribution in [3.63, 3.8) is 0 Å². The fourth-order valence-electron chi connectivity index (χ4n) is 4.98. The van der Waals surface area contributed by atoms with Gasteiger partial charge >= 0.3 is 0 Å². The number of nitrogens with zero attached hydrogens (tertiary/aromatic N) is 2. The van der Waals surface area contributed by atoms with E-state index < -0.39 is 0 Å². The lowest BCUT2D eigenvalue weighted by Gasteiger charge is -2.43. The summed E-state index contributed by atoms with van der Waals surface area (Å²) in [4.78, 5) is 29.9. The van der Waals surface area contributed by atoms with Gasteiger partial charge in [0.05, 0.1) is 27.4 Å². The number of para-hydroxylation sites is 2. The van der Waals surface area contributed by atoms with E-state index in [-0.39, 0.29) is 23.9 Å². The molecule has 0 saturated carbocycles. The van der Waals surface area contributed by atoms with Gasteiger partial charge in [0.2, 0.25) is 11.7 Å². The van der Waals surface area contributed by atoms with Crippen molar-refractivity contribution in [2.75, 3.05) is 31.1 Å². The summed E-state index contributed by atoms with van der Waals surface area (Å²) in [6, 6.07) is 20.7. The lowest BCUT2D eigenvalue weighted by atomic mass is 9.89. The van der Waals surface area contributed by atoms with Crippen LogP contribution < -0.4 is 24.0 Å². The van der Waals surface area contributed by atoms with E-state index in [9.17, 15) is 9.59 Å². The van der Waals surface area contributed by atoms with E-state index in [1.807, 2.05) is 66.4 Å². The summed E-state index contributed by atoms with van der Waals surface area (Å²) in [5.41, 5.74) is 3.32.